The zero-order chi connectivity index (χ0) is 77.4. The van der Waals surface area contributed by atoms with Gasteiger partial charge in [-0.2, -0.15) is 0 Å². The molecule has 11 atom stereocenters. The van der Waals surface area contributed by atoms with Crippen LogP contribution in [0.1, 0.15) is 79.5 Å². The number of unbranched alkanes of at least 4 members (excludes halogenated alkanes) is 3. The summed E-state index contributed by atoms with van der Waals surface area (Å²) in [5.41, 5.74) is 3.01. The second-order valence-electron chi connectivity index (χ2n) is 25.9. The lowest BCUT2D eigenvalue weighted by molar-refractivity contribution is -0.144. The number of carboxylic acids is 3. The molecule has 2 aliphatic rings. The van der Waals surface area contributed by atoms with Crippen LogP contribution in [0.15, 0.2) is 42.5 Å². The van der Waals surface area contributed by atoms with Crippen LogP contribution in [-0.4, -0.2) is 370 Å². The molecule has 5 rings (SSSR count). The maximum atomic E-state index is 14.6. The number of hydrogen-bond donors (Lipinski definition) is 20. The van der Waals surface area contributed by atoms with Gasteiger partial charge in [0.25, 0.3) is 5.91 Å². The summed E-state index contributed by atoms with van der Waals surface area (Å²) >= 11 is 0. The molecule has 0 radical (unpaired) electrons. The van der Waals surface area contributed by atoms with Crippen LogP contribution in [0.3, 0.4) is 0 Å². The van der Waals surface area contributed by atoms with Gasteiger partial charge in [-0.1, -0.05) is 25.0 Å². The summed E-state index contributed by atoms with van der Waals surface area (Å²) in [4.78, 5) is 163. The van der Waals surface area contributed by atoms with Crippen molar-refractivity contribution in [2.24, 2.45) is 0 Å². The Morgan fingerprint density at radius 3 is 1.58 bits per heavy atom. The fraction of sp³-hybridized carbons (Fsp3) is 0.636. The number of nitrogens with zero attached hydrogens (tertiary/aromatic N) is 7. The number of aliphatic hydroxyl groups excluding tert-OH is 10. The Kier molecular flexibility index (Phi) is 36.7. The van der Waals surface area contributed by atoms with Crippen LogP contribution >= 0.6 is 0 Å². The number of carbonyl (C=O) groups excluding carboxylic acids is 8. The molecule has 3 heterocycles. The molecule has 1 unspecified atom stereocenters. The molecule has 0 saturated carbocycles. The first-order valence-electron chi connectivity index (χ1n) is 34.5. The van der Waals surface area contributed by atoms with Crippen molar-refractivity contribution >= 4 is 81.9 Å². The van der Waals surface area contributed by atoms with E-state index < -0.39 is 204 Å². The van der Waals surface area contributed by atoms with Crippen molar-refractivity contribution in [3.05, 3.63) is 59.4 Å². The minimum absolute atomic E-state index is 0.0101. The fourth-order valence-electron chi connectivity index (χ4n) is 11.6. The number of rotatable bonds is 42. The van der Waals surface area contributed by atoms with Gasteiger partial charge in [-0.15, -0.1) is 0 Å². The molecule has 1 saturated heterocycles. The second-order valence-corrected chi connectivity index (χ2v) is 25.9. The molecule has 586 valence electrons. The summed E-state index contributed by atoms with van der Waals surface area (Å²) in [6.45, 7) is -4.85. The minimum Gasteiger partial charge on any atom is -0.480 e. The van der Waals surface area contributed by atoms with Gasteiger partial charge in [0, 0.05) is 116 Å². The highest BCUT2D eigenvalue weighted by molar-refractivity contribution is 5.96. The Bertz CT molecular complexity index is 3290. The van der Waals surface area contributed by atoms with Gasteiger partial charge < -0.3 is 118 Å². The van der Waals surface area contributed by atoms with Crippen LogP contribution < -0.4 is 31.9 Å². The number of aromatic nitrogens is 2. The van der Waals surface area contributed by atoms with Crippen LogP contribution in [0.4, 0.5) is 5.69 Å². The van der Waals surface area contributed by atoms with Crippen molar-refractivity contribution in [3.63, 3.8) is 0 Å². The number of aliphatic carboxylic acids is 3. The molecular weight excluding hydrogens is 1390 g/mol. The lowest BCUT2D eigenvalue weighted by Gasteiger charge is -2.33. The van der Waals surface area contributed by atoms with Gasteiger partial charge in [0.1, 0.15) is 60.6 Å². The van der Waals surface area contributed by atoms with E-state index in [1.54, 1.807) is 30.1 Å². The molecule has 39 nitrogen and oxygen atoms in total. The molecule has 1 aromatic heterocycles. The molecular formula is C66H102N14O25. The number of amides is 7. The van der Waals surface area contributed by atoms with E-state index in [4.69, 9.17) is 4.74 Å². The maximum absolute atomic E-state index is 14.6. The van der Waals surface area contributed by atoms with E-state index in [2.05, 4.69) is 41.9 Å². The lowest BCUT2D eigenvalue weighted by atomic mass is 10.0. The molecule has 105 heavy (non-hydrogen) atoms. The normalized spacial score (nSPS) is 18.1. The predicted molar refractivity (Wildman–Crippen MR) is 369 cm³/mol. The highest BCUT2D eigenvalue weighted by Gasteiger charge is 2.36. The first-order valence-corrected chi connectivity index (χ1v) is 34.5. The van der Waals surface area contributed by atoms with Crippen LogP contribution in [0, 0.1) is 0 Å². The number of para-hydroxylation sites is 2. The fourth-order valence-corrected chi connectivity index (χ4v) is 11.6. The molecule has 2 aliphatic heterocycles. The van der Waals surface area contributed by atoms with Crippen molar-refractivity contribution in [1.29, 1.82) is 0 Å². The number of benzene rings is 2. The van der Waals surface area contributed by atoms with Gasteiger partial charge in [0.2, 0.25) is 35.4 Å². The van der Waals surface area contributed by atoms with E-state index in [0.717, 1.165) is 11.0 Å². The Hall–Kier alpha value is -8.68. The number of H-pyrrole nitrogens is 1. The molecule has 7 amide bonds. The molecule has 1 fully saturated rings. The Morgan fingerprint density at radius 1 is 0.600 bits per heavy atom. The number of fused-ring (bicyclic) bond motifs is 2. The van der Waals surface area contributed by atoms with E-state index >= 15 is 0 Å². The summed E-state index contributed by atoms with van der Waals surface area (Å²) in [7, 11) is 2.83. The number of imidazole rings is 1. The topological polar surface area (TPSA) is 580 Å². The van der Waals surface area contributed by atoms with Crippen LogP contribution in [0.25, 0.3) is 11.0 Å². The lowest BCUT2D eigenvalue weighted by Crippen LogP contribution is -2.56. The summed E-state index contributed by atoms with van der Waals surface area (Å²) in [6, 6.07) is 8.04. The number of ether oxygens (including phenoxy) is 1. The average Bonchev–Trinajstić information content (AvgIpc) is 1.79. The van der Waals surface area contributed by atoms with Gasteiger partial charge in [0.15, 0.2) is 0 Å². The van der Waals surface area contributed by atoms with E-state index in [-0.39, 0.29) is 90.9 Å². The second kappa shape index (κ2) is 44.3. The number of anilines is 1. The first-order chi connectivity index (χ1) is 49.9. The standard InChI is InChI=1S/C66H102N14O25/c1-75(32-51-71-42-9-5-6-10-43(42)72-51)65(103)39-11-12-41-40(27-39)31-80(66(104)46(70-41)28-58(96)105-2)18-8-4-3-7-17-67-63(101)44(13-15-52(87)68-29-47(83)59(97)61(99)49(85)37-81)74-64(102)45(14-16-53(88)69-30-48(84)60(98)62(100)50(86)38-82)73-54(89)33-76-19-21-77(34-55(90)91)23-25-79(36-57(94)95)26-24-78(22-20-76)35-56(92)93/h5-6,9-12,27,44-50,59-62,70,81-86,97-100H,3-4,7-8,13-26,28-38H2,1-2H3,(H,67,101)(H,68,87)(H,69,88)(H,71,72)(H,73,89)(H,74,102)(H,90,91)(H,92,93)(H,94,95)/t44-,45-,46?,47+,48-,49+,50+,59-,60+,61-,62-/m0/s1. The Balaban J connectivity index is 1.33. The third-order valence-corrected chi connectivity index (χ3v) is 17.7. The maximum Gasteiger partial charge on any atom is 0.317 e. The highest BCUT2D eigenvalue weighted by Crippen LogP contribution is 2.27. The number of aliphatic hydroxyl groups is 10. The van der Waals surface area contributed by atoms with E-state index in [0.29, 0.717) is 48.3 Å². The van der Waals surface area contributed by atoms with Gasteiger partial charge in [-0.3, -0.25) is 72.3 Å². The predicted octanol–water partition coefficient (Wildman–Crippen LogP) is -7.69. The monoisotopic (exact) mass is 1490 g/mol. The molecule has 0 bridgehead atoms. The zero-order valence-electron chi connectivity index (χ0n) is 58.7. The van der Waals surface area contributed by atoms with Crippen molar-refractivity contribution in [3.8, 4) is 0 Å². The highest BCUT2D eigenvalue weighted by atomic mass is 16.5. The SMILES string of the molecule is COC(=O)CC1Nc2ccc(C(=O)N(C)Cc3nc4ccccc4[nH]3)cc2CN(CCCCCCNC(=O)[C@H](CCC(=O)NC[C@@H](O)[C@H](O)[C@@H](O)[C@H](O)CO)NC(=O)[C@H](CCC(=O)NC[C@H](O)[C@@H](O)[C@@H](O)[C@H](O)CO)NC(=O)CN2CCN(CC(=O)O)CCN(CC(=O)O)CCN(CC(=O)O)CC2)C1=O. The van der Waals surface area contributed by atoms with E-state index in [1.165, 1.54) is 31.6 Å². The smallest absolute Gasteiger partial charge is 0.317 e. The molecule has 39 heteroatoms. The van der Waals surface area contributed by atoms with Gasteiger partial charge >= 0.3 is 23.9 Å². The summed E-state index contributed by atoms with van der Waals surface area (Å²) in [5, 5.41) is 144. The number of nitrogens with one attached hydrogen (secondary N) is 7. The first kappa shape index (κ1) is 87.0. The third kappa shape index (κ3) is 29.7. The van der Waals surface area contributed by atoms with Crippen molar-refractivity contribution in [2.45, 2.75) is 138 Å². The van der Waals surface area contributed by atoms with E-state index in [9.17, 15) is 119 Å². The zero-order valence-corrected chi connectivity index (χ0v) is 58.7. The quantitative estimate of drug-likeness (QED) is 0.0185. The molecule has 3 aromatic rings. The number of aromatic amines is 1. The Morgan fingerprint density at radius 2 is 1.09 bits per heavy atom. The summed E-state index contributed by atoms with van der Waals surface area (Å²) in [6.07, 6.45) is -16.7. The summed E-state index contributed by atoms with van der Waals surface area (Å²) in [5.74, 6) is -9.04. The molecule has 2 aromatic carbocycles. The van der Waals surface area contributed by atoms with Gasteiger partial charge in [-0.25, -0.2) is 4.98 Å². The summed E-state index contributed by atoms with van der Waals surface area (Å²) < 4.78 is 4.90. The third-order valence-electron chi connectivity index (χ3n) is 17.7. The Labute approximate surface area is 604 Å². The largest absolute Gasteiger partial charge is 0.480 e. The van der Waals surface area contributed by atoms with Crippen molar-refractivity contribution < 1.29 is 124 Å². The van der Waals surface area contributed by atoms with Gasteiger partial charge in [0.05, 0.1) is 82.7 Å². The van der Waals surface area contributed by atoms with Crippen molar-refractivity contribution in [1.82, 2.24) is 66.0 Å². The number of esters is 1. The molecule has 0 aliphatic carbocycles. The van der Waals surface area contributed by atoms with E-state index in [1.807, 2.05) is 24.3 Å². The number of methoxy groups -OCH3 is 1. The van der Waals surface area contributed by atoms with Crippen molar-refractivity contribution in [2.75, 3.05) is 137 Å². The van der Waals surface area contributed by atoms with Crippen LogP contribution in [0.5, 0.6) is 0 Å². The molecule has 0 spiro atoms. The average molecular weight is 1490 g/mol. The number of carboxylic acid groups (broad SMARTS) is 3. The molecule has 20 N–H and O–H groups in total. The van der Waals surface area contributed by atoms with Crippen LogP contribution in [-0.2, 0) is 65.8 Å². The minimum atomic E-state index is -2.07. The number of carbonyl (C=O) groups is 11. The van der Waals surface area contributed by atoms with Crippen LogP contribution in [0.2, 0.25) is 0 Å². The number of hydrogen-bond acceptors (Lipinski definition) is 28. The van der Waals surface area contributed by atoms with Gasteiger partial charge in [-0.05, 0) is 61.6 Å².